The third-order valence-electron chi connectivity index (χ3n) is 14.3. The van der Waals surface area contributed by atoms with Crippen LogP contribution in [0.2, 0.25) is 0 Å². The molecule has 0 bridgehead atoms. The molecule has 2 aliphatic carbocycles. The summed E-state index contributed by atoms with van der Waals surface area (Å²) in [6, 6.07) is 95.1. The molecule has 1 heterocycles. The van der Waals surface area contributed by atoms with Crippen LogP contribution in [0.3, 0.4) is 0 Å². The second kappa shape index (κ2) is 15.3. The molecular weight excluding hydrogens is 815 g/mol. The van der Waals surface area contributed by atoms with Gasteiger partial charge in [0.25, 0.3) is 0 Å². The Labute approximate surface area is 390 Å². The summed E-state index contributed by atoms with van der Waals surface area (Å²) in [6.07, 6.45) is 0. The standard InChI is InChI=1S/C64H43NS/c1-5-18-47(19-6-1)63(48-20-7-2-8-21-48)57-29-15-13-26-53(57)55-38-37-52(43-59(55)63)65(51-35-32-44(33-36-51)45-34-39-61-46(42-45)40-41-66-61)60-31-17-28-56-54-27-14-16-30-58(54)64(62(56)60,49-22-9-3-10-23-49)50-24-11-4-12-25-50/h1-43H. The molecule has 0 fully saturated rings. The van der Waals surface area contributed by atoms with E-state index in [0.29, 0.717) is 0 Å². The first-order chi connectivity index (χ1) is 32.7. The van der Waals surface area contributed by atoms with Crippen LogP contribution in [-0.2, 0) is 10.8 Å². The third-order valence-corrected chi connectivity index (χ3v) is 15.2. The lowest BCUT2D eigenvalue weighted by Crippen LogP contribution is -2.31. The molecule has 0 saturated carbocycles. The van der Waals surface area contributed by atoms with Gasteiger partial charge in [-0.15, -0.1) is 11.3 Å². The van der Waals surface area contributed by atoms with E-state index in [4.69, 9.17) is 0 Å². The minimum atomic E-state index is -0.607. The number of fused-ring (bicyclic) bond motifs is 7. The van der Waals surface area contributed by atoms with Gasteiger partial charge in [-0.25, -0.2) is 0 Å². The minimum absolute atomic E-state index is 0.549. The third kappa shape index (κ3) is 5.59. The molecular formula is C64H43NS. The van der Waals surface area contributed by atoms with Crippen LogP contribution in [-0.4, -0.2) is 0 Å². The van der Waals surface area contributed by atoms with Crippen LogP contribution in [0.1, 0.15) is 44.5 Å². The van der Waals surface area contributed by atoms with Crippen molar-refractivity contribution >= 4 is 38.5 Å². The SMILES string of the molecule is c1ccc(C2(c3ccccc3)c3ccccc3-c3ccc(N(c4ccc(-c5ccc6sccc6c5)cc4)c4cccc5c4C(c4ccccc4)(c4ccccc4)c4ccccc4-5)cc32)cc1. The summed E-state index contributed by atoms with van der Waals surface area (Å²) >= 11 is 1.79. The van der Waals surface area contributed by atoms with E-state index in [9.17, 15) is 0 Å². The lowest BCUT2D eigenvalue weighted by atomic mass is 9.67. The van der Waals surface area contributed by atoms with Gasteiger partial charge in [-0.2, -0.15) is 0 Å². The van der Waals surface area contributed by atoms with E-state index in [0.717, 1.165) is 17.1 Å². The Bertz CT molecular complexity index is 3490. The predicted octanol–water partition coefficient (Wildman–Crippen LogP) is 16.8. The summed E-state index contributed by atoms with van der Waals surface area (Å²) in [6.45, 7) is 0. The Morgan fingerprint density at radius 2 is 0.803 bits per heavy atom. The van der Waals surface area contributed by atoms with E-state index in [1.165, 1.54) is 88.0 Å². The van der Waals surface area contributed by atoms with Crippen molar-refractivity contribution in [2.45, 2.75) is 10.8 Å². The van der Waals surface area contributed by atoms with Gasteiger partial charge in [0.15, 0.2) is 0 Å². The normalized spacial score (nSPS) is 13.7. The fourth-order valence-electron chi connectivity index (χ4n) is 11.6. The van der Waals surface area contributed by atoms with Gasteiger partial charge in [-0.05, 0) is 132 Å². The van der Waals surface area contributed by atoms with E-state index in [1.54, 1.807) is 11.3 Å². The molecule has 1 nitrogen and oxygen atoms in total. The molecule has 0 unspecified atom stereocenters. The number of nitrogens with zero attached hydrogens (tertiary/aromatic N) is 1. The summed E-state index contributed by atoms with van der Waals surface area (Å²) in [7, 11) is 0. The van der Waals surface area contributed by atoms with E-state index in [1.807, 2.05) is 0 Å². The van der Waals surface area contributed by atoms with Gasteiger partial charge in [0.05, 0.1) is 16.5 Å². The monoisotopic (exact) mass is 857 g/mol. The molecule has 10 aromatic carbocycles. The van der Waals surface area contributed by atoms with Gasteiger partial charge in [-0.1, -0.05) is 206 Å². The molecule has 1 aromatic heterocycles. The van der Waals surface area contributed by atoms with Crippen LogP contribution < -0.4 is 4.90 Å². The molecule has 0 saturated heterocycles. The Morgan fingerprint density at radius 1 is 0.318 bits per heavy atom. The largest absolute Gasteiger partial charge is 0.310 e. The number of hydrogen-bond donors (Lipinski definition) is 0. The number of hydrogen-bond acceptors (Lipinski definition) is 2. The van der Waals surface area contributed by atoms with E-state index in [-0.39, 0.29) is 0 Å². The molecule has 0 radical (unpaired) electrons. The quantitative estimate of drug-likeness (QED) is 0.147. The van der Waals surface area contributed by atoms with Gasteiger partial charge >= 0.3 is 0 Å². The molecule has 310 valence electrons. The maximum atomic E-state index is 2.54. The molecule has 11 aromatic rings. The topological polar surface area (TPSA) is 3.24 Å². The van der Waals surface area contributed by atoms with Crippen molar-refractivity contribution < 1.29 is 0 Å². The molecule has 2 heteroatoms. The van der Waals surface area contributed by atoms with Gasteiger partial charge in [0, 0.05) is 21.6 Å². The van der Waals surface area contributed by atoms with Crippen LogP contribution in [0.25, 0.3) is 43.5 Å². The number of anilines is 3. The summed E-state index contributed by atoms with van der Waals surface area (Å²) in [5, 5.41) is 3.45. The fourth-order valence-corrected chi connectivity index (χ4v) is 12.4. The summed E-state index contributed by atoms with van der Waals surface area (Å²) < 4.78 is 1.31. The molecule has 66 heavy (non-hydrogen) atoms. The van der Waals surface area contributed by atoms with Crippen molar-refractivity contribution in [1.82, 2.24) is 0 Å². The van der Waals surface area contributed by atoms with Crippen molar-refractivity contribution in [2.24, 2.45) is 0 Å². The lowest BCUT2D eigenvalue weighted by Gasteiger charge is -2.38. The van der Waals surface area contributed by atoms with Crippen molar-refractivity contribution in [3.63, 3.8) is 0 Å². The predicted molar refractivity (Wildman–Crippen MR) is 277 cm³/mol. The van der Waals surface area contributed by atoms with Crippen LogP contribution in [0.4, 0.5) is 17.1 Å². The minimum Gasteiger partial charge on any atom is -0.310 e. The van der Waals surface area contributed by atoms with E-state index >= 15 is 0 Å². The van der Waals surface area contributed by atoms with Gasteiger partial charge in [0.1, 0.15) is 0 Å². The zero-order valence-electron chi connectivity index (χ0n) is 36.2. The van der Waals surface area contributed by atoms with Crippen molar-refractivity contribution in [3.05, 3.63) is 305 Å². The second-order valence-electron chi connectivity index (χ2n) is 17.5. The number of benzene rings is 10. The lowest BCUT2D eigenvalue weighted by molar-refractivity contribution is 0.765. The number of rotatable bonds is 8. The summed E-state index contributed by atoms with van der Waals surface area (Å²) in [5.41, 5.74) is 19.8. The molecule has 0 N–H and O–H groups in total. The summed E-state index contributed by atoms with van der Waals surface area (Å²) in [5.74, 6) is 0. The first-order valence-electron chi connectivity index (χ1n) is 22.8. The highest BCUT2D eigenvalue weighted by Crippen LogP contribution is 2.61. The first kappa shape index (κ1) is 38.4. The van der Waals surface area contributed by atoms with Crippen molar-refractivity contribution in [3.8, 4) is 33.4 Å². The highest BCUT2D eigenvalue weighted by molar-refractivity contribution is 7.17. The van der Waals surface area contributed by atoms with E-state index in [2.05, 4.69) is 265 Å². The highest BCUT2D eigenvalue weighted by Gasteiger charge is 2.49. The zero-order chi connectivity index (χ0) is 43.7. The maximum absolute atomic E-state index is 2.54. The average molecular weight is 858 g/mol. The Balaban J connectivity index is 1.11. The van der Waals surface area contributed by atoms with Crippen LogP contribution in [0.5, 0.6) is 0 Å². The Hall–Kier alpha value is -8.04. The average Bonchev–Trinajstić information content (AvgIpc) is 4.08. The molecule has 0 amide bonds. The summed E-state index contributed by atoms with van der Waals surface area (Å²) in [4.78, 5) is 2.54. The van der Waals surface area contributed by atoms with Gasteiger partial charge < -0.3 is 4.90 Å². The van der Waals surface area contributed by atoms with Gasteiger partial charge in [0.2, 0.25) is 0 Å². The molecule has 2 aliphatic rings. The fraction of sp³-hybridized carbons (Fsp3) is 0.0312. The highest BCUT2D eigenvalue weighted by atomic mass is 32.1. The molecule has 0 atom stereocenters. The van der Waals surface area contributed by atoms with Crippen LogP contribution >= 0.6 is 11.3 Å². The van der Waals surface area contributed by atoms with Crippen molar-refractivity contribution in [1.29, 1.82) is 0 Å². The maximum Gasteiger partial charge on any atom is 0.0734 e. The first-order valence-corrected chi connectivity index (χ1v) is 23.7. The van der Waals surface area contributed by atoms with Gasteiger partial charge in [-0.3, -0.25) is 0 Å². The van der Waals surface area contributed by atoms with Crippen LogP contribution in [0, 0.1) is 0 Å². The van der Waals surface area contributed by atoms with Crippen molar-refractivity contribution in [2.75, 3.05) is 4.90 Å². The Morgan fingerprint density at radius 3 is 1.42 bits per heavy atom. The molecule has 0 spiro atoms. The smallest absolute Gasteiger partial charge is 0.0734 e. The van der Waals surface area contributed by atoms with Crippen LogP contribution in [0.15, 0.2) is 260 Å². The molecule has 0 aliphatic heterocycles. The zero-order valence-corrected chi connectivity index (χ0v) is 37.0. The molecule has 13 rings (SSSR count). The second-order valence-corrected chi connectivity index (χ2v) is 18.5. The Kier molecular flexibility index (Phi) is 8.91. The van der Waals surface area contributed by atoms with E-state index < -0.39 is 10.8 Å². The number of thiophene rings is 1.